The number of hydrogen-bond acceptors (Lipinski definition) is 4. The quantitative estimate of drug-likeness (QED) is 0.683. The maximum atomic E-state index is 10.6. The molecule has 0 aromatic rings. The van der Waals surface area contributed by atoms with Gasteiger partial charge in [0.2, 0.25) is 0 Å². The zero-order chi connectivity index (χ0) is 11.5. The summed E-state index contributed by atoms with van der Waals surface area (Å²) < 4.78 is 4.94. The van der Waals surface area contributed by atoms with Crippen LogP contribution in [0.4, 0.5) is 4.79 Å². The molecule has 0 aromatic heterocycles. The fourth-order valence-electron chi connectivity index (χ4n) is 1.83. The second-order valence-corrected chi connectivity index (χ2v) is 4.73. The van der Waals surface area contributed by atoms with Gasteiger partial charge in [0, 0.05) is 32.7 Å². The minimum Gasteiger partial charge on any atom is -0.441 e. The van der Waals surface area contributed by atoms with Crippen molar-refractivity contribution in [3.8, 4) is 0 Å². The Morgan fingerprint density at radius 3 is 2.33 bits per heavy atom. The van der Waals surface area contributed by atoms with Crippen molar-refractivity contribution in [3.63, 3.8) is 0 Å². The molecular weight excluding hydrogens is 194 g/mol. The molecule has 1 heterocycles. The molecule has 0 saturated carbocycles. The zero-order valence-corrected chi connectivity index (χ0v) is 9.75. The third-order valence-corrected chi connectivity index (χ3v) is 2.57. The molecule has 1 amide bonds. The molecule has 1 fully saturated rings. The lowest BCUT2D eigenvalue weighted by Crippen LogP contribution is -2.50. The van der Waals surface area contributed by atoms with Gasteiger partial charge in [-0.2, -0.15) is 0 Å². The van der Waals surface area contributed by atoms with E-state index in [4.69, 9.17) is 10.5 Å². The first-order valence-corrected chi connectivity index (χ1v) is 5.24. The Balaban J connectivity index is 2.36. The summed E-state index contributed by atoms with van der Waals surface area (Å²) in [6.07, 6.45) is -0.950. The molecule has 1 rings (SSSR count). The molecule has 1 aliphatic rings. The van der Waals surface area contributed by atoms with Gasteiger partial charge in [-0.05, 0) is 20.9 Å². The second-order valence-electron chi connectivity index (χ2n) is 4.73. The lowest BCUT2D eigenvalue weighted by atomic mass is 10.1. The lowest BCUT2D eigenvalue weighted by Gasteiger charge is -2.36. The van der Waals surface area contributed by atoms with Gasteiger partial charge in [0.25, 0.3) is 0 Å². The first-order valence-electron chi connectivity index (χ1n) is 5.24. The molecule has 1 N–H and O–H groups in total. The van der Waals surface area contributed by atoms with E-state index in [-0.39, 0.29) is 0 Å². The number of ether oxygens (including phenoxy) is 1. The summed E-state index contributed by atoms with van der Waals surface area (Å²) in [5.41, 5.74) is 6.23. The van der Waals surface area contributed by atoms with Crippen molar-refractivity contribution in [1.82, 2.24) is 15.5 Å². The Bertz CT molecular complexity index is 223. The van der Waals surface area contributed by atoms with Crippen LogP contribution in [0.15, 0.2) is 0 Å². The van der Waals surface area contributed by atoms with Gasteiger partial charge in [0.1, 0.15) is 5.60 Å². The smallest absolute Gasteiger partial charge is 0.426 e. The Labute approximate surface area is 91.2 Å². The topological polar surface area (TPSA) is 56.6 Å². The van der Waals surface area contributed by atoms with Crippen LogP contribution in [0, 0.1) is 0 Å². The van der Waals surface area contributed by atoms with Gasteiger partial charge in [0.05, 0.1) is 0 Å². The maximum absolute atomic E-state index is 10.6. The molecule has 87 valence electrons. The highest BCUT2D eigenvalue weighted by molar-refractivity contribution is 5.64. The zero-order valence-electron chi connectivity index (χ0n) is 9.75. The highest BCUT2D eigenvalue weighted by Gasteiger charge is 2.26. The molecule has 1 aliphatic heterocycles. The Morgan fingerprint density at radius 1 is 1.33 bits per heavy atom. The summed E-state index contributed by atoms with van der Waals surface area (Å²) in [7, 11) is 2.10. The van der Waals surface area contributed by atoms with Gasteiger partial charge in [0.15, 0.2) is 0 Å². The van der Waals surface area contributed by atoms with E-state index in [1.54, 1.807) is 0 Å². The van der Waals surface area contributed by atoms with Crippen molar-refractivity contribution in [3.05, 3.63) is 0 Å². The second kappa shape index (κ2) is 4.81. The number of carbonyl (C=O) groups excluding carboxylic acids is 1. The molecule has 0 bridgehead atoms. The maximum Gasteiger partial charge on any atom is 0.426 e. The molecule has 1 radical (unpaired) electrons. The average molecular weight is 214 g/mol. The number of rotatable bonds is 3. The van der Waals surface area contributed by atoms with E-state index in [1.807, 2.05) is 13.8 Å². The molecule has 0 aliphatic carbocycles. The fourth-order valence-corrected chi connectivity index (χ4v) is 1.83. The molecule has 0 atom stereocenters. The number of likely N-dealkylation sites (N-methyl/N-ethyl adjacent to an activating group) is 1. The lowest BCUT2D eigenvalue weighted by molar-refractivity contribution is 0.00468. The van der Waals surface area contributed by atoms with Crippen LogP contribution < -0.4 is 5.73 Å². The molecule has 0 spiro atoms. The molecular formula is C10H20N3O2. The van der Waals surface area contributed by atoms with E-state index in [1.165, 1.54) is 0 Å². The van der Waals surface area contributed by atoms with E-state index >= 15 is 0 Å². The number of hydrogen-bond donors (Lipinski definition) is 0. The van der Waals surface area contributed by atoms with Crippen molar-refractivity contribution in [1.29, 1.82) is 0 Å². The van der Waals surface area contributed by atoms with Gasteiger partial charge in [-0.25, -0.2) is 10.5 Å². The van der Waals surface area contributed by atoms with Crippen molar-refractivity contribution in [2.45, 2.75) is 19.4 Å². The number of nitrogens with zero attached hydrogens (tertiary/aromatic N) is 2. The van der Waals surface area contributed by atoms with Crippen molar-refractivity contribution in [2.75, 3.05) is 39.8 Å². The van der Waals surface area contributed by atoms with Crippen LogP contribution in [-0.4, -0.2) is 61.3 Å². The fraction of sp³-hybridized carbons (Fsp3) is 0.900. The first-order chi connectivity index (χ1) is 6.89. The molecule has 5 heteroatoms. The third kappa shape index (κ3) is 4.48. The number of nitrogens with one attached hydrogen (secondary N) is 1. The molecule has 5 nitrogen and oxygen atoms in total. The standard InChI is InChI=1S/C10H20N3O2/c1-10(2,15-9(11)14)8-13-6-4-12(3)5-7-13/h11H,4-8H2,1-3H3. The first kappa shape index (κ1) is 12.3. The van der Waals surface area contributed by atoms with Crippen LogP contribution in [0.25, 0.3) is 0 Å². The molecule has 0 aromatic carbocycles. The summed E-state index contributed by atoms with van der Waals surface area (Å²) in [4.78, 5) is 15.1. The number of amides is 1. The Kier molecular flexibility index (Phi) is 3.93. The van der Waals surface area contributed by atoms with Crippen LogP contribution in [0.3, 0.4) is 0 Å². The van der Waals surface area contributed by atoms with Crippen molar-refractivity contribution >= 4 is 6.09 Å². The van der Waals surface area contributed by atoms with E-state index in [0.717, 1.165) is 26.2 Å². The van der Waals surface area contributed by atoms with Crippen LogP contribution in [0.5, 0.6) is 0 Å². The summed E-state index contributed by atoms with van der Waals surface area (Å²) in [6.45, 7) is 8.47. The van der Waals surface area contributed by atoms with Gasteiger partial charge in [-0.3, -0.25) is 4.90 Å². The van der Waals surface area contributed by atoms with Gasteiger partial charge in [-0.15, -0.1) is 0 Å². The van der Waals surface area contributed by atoms with Gasteiger partial charge >= 0.3 is 6.09 Å². The monoisotopic (exact) mass is 214 g/mol. The minimum absolute atomic E-state index is 0.561. The van der Waals surface area contributed by atoms with Crippen LogP contribution in [-0.2, 0) is 4.74 Å². The normalized spacial score (nSPS) is 20.2. The molecule has 15 heavy (non-hydrogen) atoms. The summed E-state index contributed by atoms with van der Waals surface area (Å²) in [5.74, 6) is 0. The SMILES string of the molecule is CN1CCN(CC(C)(C)OC([NH])=O)CC1. The predicted molar refractivity (Wildman–Crippen MR) is 57.6 cm³/mol. The van der Waals surface area contributed by atoms with Gasteiger partial charge in [-0.1, -0.05) is 0 Å². The number of piperazine rings is 1. The highest BCUT2D eigenvalue weighted by Crippen LogP contribution is 2.13. The molecule has 1 saturated heterocycles. The van der Waals surface area contributed by atoms with Crippen molar-refractivity contribution < 1.29 is 9.53 Å². The van der Waals surface area contributed by atoms with Gasteiger partial charge < -0.3 is 9.64 Å². The summed E-state index contributed by atoms with van der Waals surface area (Å²) >= 11 is 0. The van der Waals surface area contributed by atoms with E-state index < -0.39 is 11.7 Å². The Hall–Kier alpha value is -0.810. The van der Waals surface area contributed by atoms with Crippen molar-refractivity contribution in [2.24, 2.45) is 0 Å². The van der Waals surface area contributed by atoms with Crippen LogP contribution in [0.2, 0.25) is 0 Å². The Morgan fingerprint density at radius 2 is 1.87 bits per heavy atom. The minimum atomic E-state index is -0.950. The summed E-state index contributed by atoms with van der Waals surface area (Å²) in [5, 5.41) is 0. The highest BCUT2D eigenvalue weighted by atomic mass is 16.6. The van der Waals surface area contributed by atoms with Crippen LogP contribution in [0.1, 0.15) is 13.8 Å². The average Bonchev–Trinajstić information content (AvgIpc) is 2.06. The molecule has 0 unspecified atom stereocenters. The largest absolute Gasteiger partial charge is 0.441 e. The third-order valence-electron chi connectivity index (χ3n) is 2.57. The van der Waals surface area contributed by atoms with Crippen LogP contribution >= 0.6 is 0 Å². The summed E-state index contributed by atoms with van der Waals surface area (Å²) in [6, 6.07) is 0. The number of carbonyl (C=O) groups is 1. The van der Waals surface area contributed by atoms with E-state index in [2.05, 4.69) is 16.8 Å². The van der Waals surface area contributed by atoms with E-state index in [0.29, 0.717) is 6.54 Å². The predicted octanol–water partition coefficient (Wildman–Crippen LogP) is 0.432. The van der Waals surface area contributed by atoms with E-state index in [9.17, 15) is 4.79 Å².